The molecule has 138 valence electrons. The first-order valence-corrected chi connectivity index (χ1v) is 8.82. The Kier molecular flexibility index (Phi) is 4.21. The van der Waals surface area contributed by atoms with E-state index in [4.69, 9.17) is 10.5 Å². The van der Waals surface area contributed by atoms with Crippen molar-refractivity contribution in [2.75, 3.05) is 12.8 Å². The molecule has 0 spiro atoms. The summed E-state index contributed by atoms with van der Waals surface area (Å²) in [5.74, 6) is 0.735. The molecule has 0 fully saturated rings. The number of nitrogens with two attached hydrogens (primary N) is 1. The smallest absolute Gasteiger partial charge is 0.301 e. The predicted molar refractivity (Wildman–Crippen MR) is 107 cm³/mol. The van der Waals surface area contributed by atoms with Gasteiger partial charge in [0.2, 0.25) is 0 Å². The van der Waals surface area contributed by atoms with Crippen LogP contribution in [0.5, 0.6) is 5.75 Å². The largest absolute Gasteiger partial charge is 0.497 e. The van der Waals surface area contributed by atoms with Gasteiger partial charge in [0, 0.05) is 5.56 Å². The van der Waals surface area contributed by atoms with E-state index < -0.39 is 4.92 Å². The summed E-state index contributed by atoms with van der Waals surface area (Å²) in [5, 5.41) is 21.7. The van der Waals surface area contributed by atoms with Gasteiger partial charge in [-0.1, -0.05) is 36.4 Å². The number of nitrogens with zero attached hydrogens (tertiary/aromatic N) is 2. The Morgan fingerprint density at radius 2 is 1.89 bits per heavy atom. The summed E-state index contributed by atoms with van der Waals surface area (Å²) >= 11 is 0. The molecular weight excluding hydrogens is 354 g/mol. The predicted octanol–water partition coefficient (Wildman–Crippen LogP) is 4.49. The molecular formula is C22H17N3O3. The lowest BCUT2D eigenvalue weighted by Gasteiger charge is -2.25. The number of nitriles is 1. The molecule has 0 heterocycles. The van der Waals surface area contributed by atoms with E-state index in [9.17, 15) is 15.4 Å². The van der Waals surface area contributed by atoms with Crippen LogP contribution in [0, 0.1) is 21.4 Å². The van der Waals surface area contributed by atoms with Gasteiger partial charge < -0.3 is 10.5 Å². The molecule has 0 aliphatic heterocycles. The van der Waals surface area contributed by atoms with Crippen LogP contribution in [-0.4, -0.2) is 12.0 Å². The number of hydrogen-bond acceptors (Lipinski definition) is 5. The third-order valence-corrected chi connectivity index (χ3v) is 5.20. The number of hydrogen-bond donors (Lipinski definition) is 1. The monoisotopic (exact) mass is 371 g/mol. The molecule has 3 aromatic carbocycles. The van der Waals surface area contributed by atoms with Gasteiger partial charge in [-0.15, -0.1) is 0 Å². The zero-order valence-corrected chi connectivity index (χ0v) is 15.2. The van der Waals surface area contributed by atoms with Gasteiger partial charge in [-0.25, -0.2) is 0 Å². The lowest BCUT2D eigenvalue weighted by Crippen LogP contribution is -2.12. The maximum absolute atomic E-state index is 11.9. The number of ether oxygens (including phenoxy) is 1. The third kappa shape index (κ3) is 2.57. The van der Waals surface area contributed by atoms with Crippen LogP contribution in [0.2, 0.25) is 0 Å². The highest BCUT2D eigenvalue weighted by atomic mass is 16.6. The number of anilines is 1. The van der Waals surface area contributed by atoms with E-state index in [-0.39, 0.29) is 16.9 Å². The van der Waals surface area contributed by atoms with Gasteiger partial charge in [0.1, 0.15) is 17.5 Å². The Hall–Kier alpha value is -3.85. The Labute approximate surface area is 161 Å². The van der Waals surface area contributed by atoms with E-state index in [1.807, 2.05) is 48.5 Å². The zero-order valence-electron chi connectivity index (χ0n) is 15.2. The van der Waals surface area contributed by atoms with E-state index in [0.29, 0.717) is 24.0 Å². The molecule has 2 N–H and O–H groups in total. The van der Waals surface area contributed by atoms with Gasteiger partial charge in [0.25, 0.3) is 0 Å². The Morgan fingerprint density at radius 1 is 1.14 bits per heavy atom. The topological polar surface area (TPSA) is 102 Å². The summed E-state index contributed by atoms with van der Waals surface area (Å²) in [7, 11) is 1.61. The van der Waals surface area contributed by atoms with E-state index in [2.05, 4.69) is 6.07 Å². The highest BCUT2D eigenvalue weighted by Crippen LogP contribution is 2.49. The third-order valence-electron chi connectivity index (χ3n) is 5.20. The zero-order chi connectivity index (χ0) is 19.8. The first-order chi connectivity index (χ1) is 13.6. The molecule has 4 rings (SSSR count). The molecule has 0 aromatic heterocycles. The summed E-state index contributed by atoms with van der Waals surface area (Å²) in [6, 6.07) is 17.0. The number of benzene rings is 3. The van der Waals surface area contributed by atoms with Crippen molar-refractivity contribution in [2.45, 2.75) is 12.8 Å². The van der Waals surface area contributed by atoms with Crippen LogP contribution in [0.15, 0.2) is 48.5 Å². The minimum Gasteiger partial charge on any atom is -0.497 e. The molecule has 0 amide bonds. The molecule has 6 nitrogen and oxygen atoms in total. The normalized spacial score (nSPS) is 11.9. The maximum atomic E-state index is 11.9. The summed E-state index contributed by atoms with van der Waals surface area (Å²) in [6.07, 6.45) is 1.28. The quantitative estimate of drug-likeness (QED) is 0.415. The molecule has 1 aliphatic carbocycles. The van der Waals surface area contributed by atoms with Gasteiger partial charge in [-0.2, -0.15) is 5.26 Å². The van der Waals surface area contributed by atoms with Crippen LogP contribution in [0.4, 0.5) is 11.4 Å². The number of fused-ring (bicyclic) bond motifs is 3. The number of nitro groups is 1. The van der Waals surface area contributed by atoms with Gasteiger partial charge in [0.15, 0.2) is 0 Å². The number of nitro benzene ring substituents is 1. The number of nitrogen functional groups attached to an aromatic ring is 1. The number of methoxy groups -OCH3 is 1. The molecule has 3 aromatic rings. The summed E-state index contributed by atoms with van der Waals surface area (Å²) < 4.78 is 5.31. The molecule has 0 saturated heterocycles. The lowest BCUT2D eigenvalue weighted by atomic mass is 9.78. The summed E-state index contributed by atoms with van der Waals surface area (Å²) in [4.78, 5) is 11.4. The van der Waals surface area contributed by atoms with Crippen LogP contribution in [0.25, 0.3) is 22.3 Å². The van der Waals surface area contributed by atoms with E-state index in [0.717, 1.165) is 28.0 Å². The van der Waals surface area contributed by atoms with Crippen LogP contribution in [0.3, 0.4) is 0 Å². The average molecular weight is 371 g/mol. The number of aryl methyl sites for hydroxylation is 1. The molecule has 0 radical (unpaired) electrons. The fraction of sp³-hybridized carbons (Fsp3) is 0.136. The Bertz CT molecular complexity index is 1150. The Balaban J connectivity index is 2.14. The van der Waals surface area contributed by atoms with Gasteiger partial charge in [-0.3, -0.25) is 10.1 Å². The summed E-state index contributed by atoms with van der Waals surface area (Å²) in [5.41, 5.74) is 10.7. The van der Waals surface area contributed by atoms with E-state index in [1.54, 1.807) is 7.11 Å². The van der Waals surface area contributed by atoms with Gasteiger partial charge >= 0.3 is 5.69 Å². The van der Waals surface area contributed by atoms with Gasteiger partial charge in [0.05, 0.1) is 23.2 Å². The van der Waals surface area contributed by atoms with Crippen molar-refractivity contribution in [3.63, 3.8) is 0 Å². The summed E-state index contributed by atoms with van der Waals surface area (Å²) in [6.45, 7) is 0. The van der Waals surface area contributed by atoms with Crippen molar-refractivity contribution in [2.24, 2.45) is 0 Å². The molecule has 1 aliphatic rings. The van der Waals surface area contributed by atoms with Crippen LogP contribution < -0.4 is 10.5 Å². The second-order valence-corrected chi connectivity index (χ2v) is 6.62. The highest BCUT2D eigenvalue weighted by Gasteiger charge is 2.33. The molecule has 28 heavy (non-hydrogen) atoms. The number of rotatable bonds is 3. The lowest BCUT2D eigenvalue weighted by molar-refractivity contribution is -0.383. The first-order valence-electron chi connectivity index (χ1n) is 8.82. The fourth-order valence-corrected chi connectivity index (χ4v) is 3.98. The van der Waals surface area contributed by atoms with Crippen molar-refractivity contribution in [3.05, 3.63) is 75.3 Å². The van der Waals surface area contributed by atoms with Crippen LogP contribution >= 0.6 is 0 Å². The van der Waals surface area contributed by atoms with Crippen molar-refractivity contribution in [1.82, 2.24) is 0 Å². The second-order valence-electron chi connectivity index (χ2n) is 6.62. The SMILES string of the molecule is COc1ccc2c(c1)CCc1c-2c(C#N)c(N)c([N+](=O)[O-])c1-c1ccccc1. The van der Waals surface area contributed by atoms with Crippen molar-refractivity contribution in [1.29, 1.82) is 5.26 Å². The fourth-order valence-electron chi connectivity index (χ4n) is 3.98. The van der Waals surface area contributed by atoms with E-state index >= 15 is 0 Å². The molecule has 6 heteroatoms. The molecule has 0 bridgehead atoms. The minimum atomic E-state index is -0.484. The first kappa shape index (κ1) is 17.6. The average Bonchev–Trinajstić information content (AvgIpc) is 2.72. The van der Waals surface area contributed by atoms with Crippen LogP contribution in [-0.2, 0) is 12.8 Å². The minimum absolute atomic E-state index is 0.0891. The van der Waals surface area contributed by atoms with E-state index in [1.165, 1.54) is 0 Å². The maximum Gasteiger partial charge on any atom is 0.301 e. The molecule has 0 unspecified atom stereocenters. The Morgan fingerprint density at radius 3 is 2.54 bits per heavy atom. The molecule has 0 atom stereocenters. The molecule has 0 saturated carbocycles. The standard InChI is InChI=1S/C22H17N3O3/c1-28-15-8-10-16-14(11-15)7-9-17-19(13-5-3-2-4-6-13)22(25(26)27)21(24)18(12-23)20(16)17/h2-6,8,10-11H,7,9,24H2,1H3. The van der Waals surface area contributed by atoms with Crippen molar-refractivity contribution in [3.8, 4) is 34.1 Å². The van der Waals surface area contributed by atoms with Crippen molar-refractivity contribution < 1.29 is 9.66 Å². The highest BCUT2D eigenvalue weighted by molar-refractivity contribution is 5.97. The second kappa shape index (κ2) is 6.71. The van der Waals surface area contributed by atoms with Crippen molar-refractivity contribution >= 4 is 11.4 Å². The van der Waals surface area contributed by atoms with Crippen LogP contribution in [0.1, 0.15) is 16.7 Å². The van der Waals surface area contributed by atoms with Gasteiger partial charge in [-0.05, 0) is 47.2 Å².